The average molecular weight is 388 g/mol. The molecule has 2 heterocycles. The topological polar surface area (TPSA) is 73.4 Å². The first-order chi connectivity index (χ1) is 14.1. The Bertz CT molecular complexity index is 1110. The second-order valence-electron chi connectivity index (χ2n) is 7.34. The summed E-state index contributed by atoms with van der Waals surface area (Å²) >= 11 is 0. The van der Waals surface area contributed by atoms with Gasteiger partial charge >= 0.3 is 0 Å². The summed E-state index contributed by atoms with van der Waals surface area (Å²) in [5, 5.41) is 12.0. The molecule has 1 saturated heterocycles. The fourth-order valence-electron chi connectivity index (χ4n) is 4.05. The Hall–Kier alpha value is -3.34. The molecule has 148 valence electrons. The number of ketones is 1. The molecule has 0 bridgehead atoms. The molecule has 5 heteroatoms. The van der Waals surface area contributed by atoms with Gasteiger partial charge in [-0.1, -0.05) is 56.3 Å². The third kappa shape index (κ3) is 3.12. The highest BCUT2D eigenvalue weighted by molar-refractivity contribution is 6.46. The number of Topliss-reactive ketones (excluding diaryl/α,β-unsaturated/α-hetero) is 1. The molecule has 29 heavy (non-hydrogen) atoms. The number of rotatable bonds is 5. The summed E-state index contributed by atoms with van der Waals surface area (Å²) in [6.45, 7) is 4.50. The molecule has 1 fully saturated rings. The van der Waals surface area contributed by atoms with Crippen LogP contribution in [-0.2, 0) is 16.0 Å². The summed E-state index contributed by atoms with van der Waals surface area (Å²) in [4.78, 5) is 30.4. The summed E-state index contributed by atoms with van der Waals surface area (Å²) in [7, 11) is 0. The van der Waals surface area contributed by atoms with Crippen LogP contribution in [0.2, 0.25) is 0 Å². The highest BCUT2D eigenvalue weighted by atomic mass is 16.3. The van der Waals surface area contributed by atoms with Crippen molar-refractivity contribution in [1.82, 2.24) is 9.88 Å². The van der Waals surface area contributed by atoms with Crippen molar-refractivity contribution in [3.8, 4) is 0 Å². The second kappa shape index (κ2) is 7.59. The van der Waals surface area contributed by atoms with Crippen LogP contribution in [0.1, 0.15) is 43.0 Å². The molecule has 2 N–H and O–H groups in total. The van der Waals surface area contributed by atoms with Crippen LogP contribution in [0.5, 0.6) is 0 Å². The summed E-state index contributed by atoms with van der Waals surface area (Å²) < 4.78 is 0. The van der Waals surface area contributed by atoms with Crippen molar-refractivity contribution in [2.45, 2.75) is 32.7 Å². The lowest BCUT2D eigenvalue weighted by Gasteiger charge is -2.25. The van der Waals surface area contributed by atoms with Gasteiger partial charge in [-0.2, -0.15) is 0 Å². The minimum atomic E-state index is -0.634. The van der Waals surface area contributed by atoms with Crippen LogP contribution < -0.4 is 0 Å². The molecule has 0 saturated carbocycles. The molecule has 0 spiro atoms. The molecule has 3 aromatic rings. The fraction of sp³-hybridized carbons (Fsp3) is 0.250. The van der Waals surface area contributed by atoms with Gasteiger partial charge < -0.3 is 15.0 Å². The number of aromatic amines is 1. The monoisotopic (exact) mass is 388 g/mol. The number of para-hydroxylation sites is 1. The highest BCUT2D eigenvalue weighted by Crippen LogP contribution is 2.40. The van der Waals surface area contributed by atoms with Gasteiger partial charge in [-0.3, -0.25) is 9.59 Å². The molecule has 5 nitrogen and oxygen atoms in total. The second-order valence-corrected chi connectivity index (χ2v) is 7.34. The van der Waals surface area contributed by atoms with E-state index in [9.17, 15) is 14.7 Å². The molecular weight excluding hydrogens is 364 g/mol. The Morgan fingerprint density at radius 1 is 1.07 bits per heavy atom. The van der Waals surface area contributed by atoms with E-state index in [4.69, 9.17) is 0 Å². The van der Waals surface area contributed by atoms with Crippen molar-refractivity contribution in [2.75, 3.05) is 6.54 Å². The zero-order chi connectivity index (χ0) is 20.5. The first kappa shape index (κ1) is 19.0. The van der Waals surface area contributed by atoms with Crippen molar-refractivity contribution in [3.63, 3.8) is 0 Å². The van der Waals surface area contributed by atoms with Crippen molar-refractivity contribution < 1.29 is 14.7 Å². The van der Waals surface area contributed by atoms with Crippen molar-refractivity contribution in [3.05, 3.63) is 77.0 Å². The van der Waals surface area contributed by atoms with E-state index in [0.29, 0.717) is 12.1 Å². The number of benzene rings is 2. The minimum absolute atomic E-state index is 0.135. The zero-order valence-electron chi connectivity index (χ0n) is 16.6. The molecule has 1 unspecified atom stereocenters. The van der Waals surface area contributed by atoms with E-state index in [1.807, 2.05) is 55.5 Å². The van der Waals surface area contributed by atoms with Gasteiger partial charge in [0.15, 0.2) is 0 Å². The van der Waals surface area contributed by atoms with E-state index in [2.05, 4.69) is 11.9 Å². The number of hydrogen-bond acceptors (Lipinski definition) is 3. The number of aromatic nitrogens is 1. The van der Waals surface area contributed by atoms with Crippen LogP contribution in [0.25, 0.3) is 16.7 Å². The maximum Gasteiger partial charge on any atom is 0.295 e. The number of nitrogens with one attached hydrogen (secondary N) is 1. The van der Waals surface area contributed by atoms with E-state index in [0.717, 1.165) is 29.3 Å². The van der Waals surface area contributed by atoms with E-state index in [1.54, 1.807) is 11.1 Å². The highest BCUT2D eigenvalue weighted by Gasteiger charge is 2.45. The number of carbonyl (C=O) groups is 2. The van der Waals surface area contributed by atoms with E-state index < -0.39 is 17.7 Å². The minimum Gasteiger partial charge on any atom is -0.507 e. The standard InChI is InChI=1S/C24H24N2O3/c1-3-13-26-21(16-11-9-15(4-2)10-12-16)20(23(28)24(26)29)22(27)18-14-25-19-8-6-5-7-17(18)19/h5-12,14,21,25,27H,3-4,13H2,1-2H3/b22-20-. The van der Waals surface area contributed by atoms with E-state index >= 15 is 0 Å². The molecule has 1 aromatic heterocycles. The van der Waals surface area contributed by atoms with Gasteiger partial charge in [0.1, 0.15) is 5.76 Å². The number of H-pyrrole nitrogens is 1. The van der Waals surface area contributed by atoms with Crippen LogP contribution >= 0.6 is 0 Å². The molecule has 0 radical (unpaired) electrons. The number of hydrogen-bond donors (Lipinski definition) is 2. The number of aliphatic hydroxyl groups excluding tert-OH is 1. The smallest absolute Gasteiger partial charge is 0.295 e. The van der Waals surface area contributed by atoms with Gasteiger partial charge in [-0.05, 0) is 30.0 Å². The zero-order valence-corrected chi connectivity index (χ0v) is 16.6. The molecular formula is C24H24N2O3. The van der Waals surface area contributed by atoms with Crippen LogP contribution in [0.15, 0.2) is 60.3 Å². The van der Waals surface area contributed by atoms with Crippen LogP contribution in [0, 0.1) is 0 Å². The Balaban J connectivity index is 1.91. The van der Waals surface area contributed by atoms with Gasteiger partial charge in [-0.15, -0.1) is 0 Å². The summed E-state index contributed by atoms with van der Waals surface area (Å²) in [6, 6.07) is 14.9. The van der Waals surface area contributed by atoms with Gasteiger partial charge in [0, 0.05) is 29.2 Å². The first-order valence-electron chi connectivity index (χ1n) is 10.0. The number of fused-ring (bicyclic) bond motifs is 1. The SMILES string of the molecule is CCCN1C(=O)C(=O)/C(=C(\O)c2c[nH]c3ccccc23)C1c1ccc(CC)cc1. The van der Waals surface area contributed by atoms with Crippen LogP contribution in [0.4, 0.5) is 0 Å². The number of likely N-dealkylation sites (tertiary alicyclic amines) is 1. The summed E-state index contributed by atoms with van der Waals surface area (Å²) in [5.74, 6) is -1.33. The third-order valence-corrected chi connectivity index (χ3v) is 5.55. The van der Waals surface area contributed by atoms with Crippen molar-refractivity contribution in [1.29, 1.82) is 0 Å². The van der Waals surface area contributed by atoms with Gasteiger partial charge in [0.25, 0.3) is 11.7 Å². The predicted molar refractivity (Wildman–Crippen MR) is 113 cm³/mol. The van der Waals surface area contributed by atoms with Gasteiger partial charge in [0.2, 0.25) is 0 Å². The van der Waals surface area contributed by atoms with E-state index in [1.165, 1.54) is 5.56 Å². The molecule has 2 aromatic carbocycles. The molecule has 1 amide bonds. The average Bonchev–Trinajstić information content (AvgIpc) is 3.28. The number of aliphatic hydroxyl groups is 1. The number of nitrogens with zero attached hydrogens (tertiary/aromatic N) is 1. The Morgan fingerprint density at radius 2 is 1.79 bits per heavy atom. The van der Waals surface area contributed by atoms with Crippen molar-refractivity contribution in [2.24, 2.45) is 0 Å². The molecule has 1 atom stereocenters. The number of amides is 1. The Kier molecular flexibility index (Phi) is 4.97. The molecule has 1 aliphatic rings. The summed E-state index contributed by atoms with van der Waals surface area (Å²) in [5.41, 5.74) is 3.55. The van der Waals surface area contributed by atoms with Gasteiger partial charge in [0.05, 0.1) is 11.6 Å². The Morgan fingerprint density at radius 3 is 2.48 bits per heavy atom. The van der Waals surface area contributed by atoms with Crippen molar-refractivity contribution >= 4 is 28.4 Å². The first-order valence-corrected chi connectivity index (χ1v) is 10.0. The molecule has 1 aliphatic heterocycles. The predicted octanol–water partition coefficient (Wildman–Crippen LogP) is 4.56. The van der Waals surface area contributed by atoms with Crippen LogP contribution in [-0.4, -0.2) is 33.2 Å². The number of aryl methyl sites for hydroxylation is 1. The molecule has 4 rings (SSSR count). The lowest BCUT2D eigenvalue weighted by Crippen LogP contribution is -2.30. The largest absolute Gasteiger partial charge is 0.507 e. The summed E-state index contributed by atoms with van der Waals surface area (Å²) in [6.07, 6.45) is 3.32. The lowest BCUT2D eigenvalue weighted by molar-refractivity contribution is -0.139. The maximum absolute atomic E-state index is 13.0. The fourth-order valence-corrected chi connectivity index (χ4v) is 4.05. The lowest BCUT2D eigenvalue weighted by atomic mass is 9.94. The maximum atomic E-state index is 13.0. The quantitative estimate of drug-likeness (QED) is 0.382. The van der Waals surface area contributed by atoms with Gasteiger partial charge in [-0.25, -0.2) is 0 Å². The van der Waals surface area contributed by atoms with Crippen LogP contribution in [0.3, 0.4) is 0 Å². The number of carbonyl (C=O) groups excluding carboxylic acids is 2. The molecule has 0 aliphatic carbocycles. The Labute approximate surface area is 169 Å². The third-order valence-electron chi connectivity index (χ3n) is 5.55. The van der Waals surface area contributed by atoms with E-state index in [-0.39, 0.29) is 11.3 Å². The normalized spacial score (nSPS) is 18.7.